The zero-order valence-electron chi connectivity index (χ0n) is 14.9. The Bertz CT molecular complexity index is 889. The second-order valence-corrected chi connectivity index (χ2v) is 9.48. The molecule has 1 saturated carbocycles. The molecule has 0 amide bonds. The van der Waals surface area contributed by atoms with E-state index in [1.165, 1.54) is 12.1 Å². The Hall–Kier alpha value is -2.00. The molecule has 1 aliphatic heterocycles. The summed E-state index contributed by atoms with van der Waals surface area (Å²) in [6.07, 6.45) is 3.52. The van der Waals surface area contributed by atoms with Crippen molar-refractivity contribution in [1.82, 2.24) is 0 Å². The Labute approximate surface area is 154 Å². The van der Waals surface area contributed by atoms with Crippen LogP contribution in [0.15, 0.2) is 40.5 Å². The third-order valence-electron chi connectivity index (χ3n) is 5.41. The van der Waals surface area contributed by atoms with Crippen LogP contribution in [0.25, 0.3) is 4.85 Å². The molecule has 0 unspecified atom stereocenters. The summed E-state index contributed by atoms with van der Waals surface area (Å²) in [6.45, 7) is 9.76. The van der Waals surface area contributed by atoms with Crippen molar-refractivity contribution in [1.29, 1.82) is 0 Å². The summed E-state index contributed by atoms with van der Waals surface area (Å²) in [4.78, 5) is 8.22. The lowest BCUT2D eigenvalue weighted by Crippen LogP contribution is -2.24. The molecule has 1 aliphatic carbocycles. The fraction of sp³-hybridized carbons (Fsp3) is 0.500. The van der Waals surface area contributed by atoms with E-state index in [0.717, 1.165) is 31.3 Å². The van der Waals surface area contributed by atoms with Gasteiger partial charge in [-0.3, -0.25) is 4.99 Å². The van der Waals surface area contributed by atoms with Gasteiger partial charge in [-0.1, -0.05) is 19.1 Å². The molecule has 6 heteroatoms. The van der Waals surface area contributed by atoms with E-state index < -0.39 is 9.84 Å². The van der Waals surface area contributed by atoms with Crippen LogP contribution in [0.1, 0.15) is 38.2 Å². The van der Waals surface area contributed by atoms with Crippen LogP contribution in [-0.2, 0) is 9.84 Å². The van der Waals surface area contributed by atoms with E-state index in [1.54, 1.807) is 19.1 Å². The molecule has 3 rings (SSSR count). The fourth-order valence-electron chi connectivity index (χ4n) is 3.93. The van der Waals surface area contributed by atoms with Crippen molar-refractivity contribution in [2.45, 2.75) is 32.6 Å². The smallest absolute Gasteiger partial charge is 0.213 e. The van der Waals surface area contributed by atoms with Gasteiger partial charge in [0.15, 0.2) is 0 Å². The fourth-order valence-corrected chi connectivity index (χ4v) is 5.22. The highest BCUT2D eigenvalue weighted by Gasteiger charge is 2.31. The molecular formula is C20H23FN2O2S. The summed E-state index contributed by atoms with van der Waals surface area (Å²) < 4.78 is 37.2. The molecule has 0 atom stereocenters. The van der Waals surface area contributed by atoms with Crippen molar-refractivity contribution in [3.8, 4) is 0 Å². The Morgan fingerprint density at radius 2 is 2.00 bits per heavy atom. The number of rotatable bonds is 5. The number of hydrogen-bond donors (Lipinski definition) is 0. The first-order chi connectivity index (χ1) is 12.4. The van der Waals surface area contributed by atoms with Crippen molar-refractivity contribution in [3.05, 3.63) is 58.3 Å². The van der Waals surface area contributed by atoms with E-state index in [0.29, 0.717) is 23.5 Å². The van der Waals surface area contributed by atoms with Gasteiger partial charge < -0.3 is 0 Å². The van der Waals surface area contributed by atoms with Gasteiger partial charge in [0.2, 0.25) is 5.70 Å². The minimum Gasteiger partial charge on any atom is -0.293 e. The van der Waals surface area contributed by atoms with E-state index in [2.05, 4.69) is 9.84 Å². The van der Waals surface area contributed by atoms with Crippen LogP contribution >= 0.6 is 0 Å². The Morgan fingerprint density at radius 1 is 1.27 bits per heavy atom. The quantitative estimate of drug-likeness (QED) is 0.730. The third-order valence-corrected chi connectivity index (χ3v) is 7.27. The highest BCUT2D eigenvalue weighted by molar-refractivity contribution is 7.91. The van der Waals surface area contributed by atoms with Gasteiger partial charge >= 0.3 is 0 Å². The molecule has 0 N–H and O–H groups in total. The van der Waals surface area contributed by atoms with Crippen LogP contribution < -0.4 is 0 Å². The summed E-state index contributed by atoms with van der Waals surface area (Å²) in [7, 11) is -2.94. The maximum atomic E-state index is 13.5. The molecular weight excluding hydrogens is 351 g/mol. The molecule has 1 heterocycles. The molecule has 0 radical (unpaired) electrons. The van der Waals surface area contributed by atoms with Crippen LogP contribution in [0.4, 0.5) is 4.39 Å². The Kier molecular flexibility index (Phi) is 5.57. The standard InChI is InChI=1S/C20H23FN2O2S/c1-3-26(24,25)13-14-7-9-15(10-8-14)18-12-23-19(20(18)22-2)16-5-4-6-17(21)11-16/h4-6,11,14-15H,3,7-10,12-13H2,1H3. The molecule has 0 saturated heterocycles. The number of sulfone groups is 1. The second kappa shape index (κ2) is 7.71. The van der Waals surface area contributed by atoms with Crippen molar-refractivity contribution in [2.24, 2.45) is 16.8 Å². The van der Waals surface area contributed by atoms with Gasteiger partial charge in [-0.05, 0) is 60.8 Å². The molecule has 0 spiro atoms. The second-order valence-electron chi connectivity index (χ2n) is 7.08. The summed E-state index contributed by atoms with van der Waals surface area (Å²) in [5.41, 5.74) is 2.83. The molecule has 2 aliphatic rings. The minimum atomic E-state index is -2.94. The maximum Gasteiger partial charge on any atom is 0.213 e. The lowest BCUT2D eigenvalue weighted by molar-refractivity contribution is 0.319. The first-order valence-corrected chi connectivity index (χ1v) is 10.9. The van der Waals surface area contributed by atoms with E-state index in [1.807, 2.05) is 0 Å². The SMILES string of the molecule is [C-]#[N+]C1=C(C2CCC(CS(=O)(=O)CC)CC2)CN=C1c1cccc(F)c1. The normalized spacial score (nSPS) is 23.7. The molecule has 1 aromatic carbocycles. The predicted molar refractivity (Wildman–Crippen MR) is 101 cm³/mol. The van der Waals surface area contributed by atoms with Crippen LogP contribution in [0.2, 0.25) is 0 Å². The Balaban J connectivity index is 1.73. The van der Waals surface area contributed by atoms with Gasteiger partial charge in [0.25, 0.3) is 0 Å². The average Bonchev–Trinajstić information content (AvgIpc) is 3.06. The molecule has 0 aromatic heterocycles. The minimum absolute atomic E-state index is 0.199. The van der Waals surface area contributed by atoms with Crippen LogP contribution in [-0.4, -0.2) is 32.2 Å². The molecule has 26 heavy (non-hydrogen) atoms. The zero-order valence-corrected chi connectivity index (χ0v) is 15.7. The highest BCUT2D eigenvalue weighted by atomic mass is 32.2. The van der Waals surface area contributed by atoms with E-state index >= 15 is 0 Å². The van der Waals surface area contributed by atoms with Gasteiger partial charge in [0, 0.05) is 5.75 Å². The largest absolute Gasteiger partial charge is 0.293 e. The van der Waals surface area contributed by atoms with E-state index in [4.69, 9.17) is 6.57 Å². The third kappa shape index (κ3) is 4.04. The number of aliphatic imine (C=N–C) groups is 1. The summed E-state index contributed by atoms with van der Waals surface area (Å²) in [5, 5.41) is 0. The molecule has 1 fully saturated rings. The number of halogens is 1. The maximum absolute atomic E-state index is 13.5. The van der Waals surface area contributed by atoms with E-state index in [-0.39, 0.29) is 29.2 Å². The number of nitrogens with zero attached hydrogens (tertiary/aromatic N) is 2. The first kappa shape index (κ1) is 18.8. The highest BCUT2D eigenvalue weighted by Crippen LogP contribution is 2.38. The molecule has 138 valence electrons. The van der Waals surface area contributed by atoms with Crippen LogP contribution in [0.3, 0.4) is 0 Å². The summed E-state index contributed by atoms with van der Waals surface area (Å²) >= 11 is 0. The zero-order chi connectivity index (χ0) is 18.7. The number of allylic oxidation sites excluding steroid dienone is 1. The van der Waals surface area contributed by atoms with Gasteiger partial charge in [-0.2, -0.15) is 0 Å². The van der Waals surface area contributed by atoms with Crippen molar-refractivity contribution in [2.75, 3.05) is 18.1 Å². The molecule has 0 bridgehead atoms. The summed E-state index contributed by atoms with van der Waals surface area (Å²) in [6, 6.07) is 6.21. The van der Waals surface area contributed by atoms with Crippen molar-refractivity contribution >= 4 is 15.5 Å². The first-order valence-electron chi connectivity index (χ1n) is 9.05. The van der Waals surface area contributed by atoms with Gasteiger partial charge in [0.05, 0.1) is 24.6 Å². The number of hydrogen-bond acceptors (Lipinski definition) is 3. The Morgan fingerprint density at radius 3 is 2.62 bits per heavy atom. The summed E-state index contributed by atoms with van der Waals surface area (Å²) in [5.74, 6) is 0.633. The molecule has 4 nitrogen and oxygen atoms in total. The number of benzene rings is 1. The molecule has 1 aromatic rings. The lowest BCUT2D eigenvalue weighted by Gasteiger charge is -2.29. The van der Waals surface area contributed by atoms with Crippen molar-refractivity contribution < 1.29 is 12.8 Å². The predicted octanol–water partition coefficient (Wildman–Crippen LogP) is 4.04. The lowest BCUT2D eigenvalue weighted by atomic mass is 9.78. The van der Waals surface area contributed by atoms with Gasteiger partial charge in [-0.15, -0.1) is 0 Å². The monoisotopic (exact) mass is 374 g/mol. The average molecular weight is 374 g/mol. The van der Waals surface area contributed by atoms with Crippen LogP contribution in [0.5, 0.6) is 0 Å². The van der Waals surface area contributed by atoms with Gasteiger partial charge in [0.1, 0.15) is 15.7 Å². The van der Waals surface area contributed by atoms with E-state index in [9.17, 15) is 12.8 Å². The topological polar surface area (TPSA) is 50.9 Å². The van der Waals surface area contributed by atoms with Crippen molar-refractivity contribution in [3.63, 3.8) is 0 Å². The van der Waals surface area contributed by atoms with Gasteiger partial charge in [-0.25, -0.2) is 17.7 Å². The van der Waals surface area contributed by atoms with Crippen LogP contribution in [0, 0.1) is 24.2 Å².